The molecule has 2 aromatic rings. The van der Waals surface area contributed by atoms with Gasteiger partial charge in [0.05, 0.1) is 16.7 Å². The maximum absolute atomic E-state index is 13.8. The molecule has 3 atom stereocenters. The van der Waals surface area contributed by atoms with Gasteiger partial charge in [0.25, 0.3) is 0 Å². The molecule has 0 spiro atoms. The van der Waals surface area contributed by atoms with Crippen LogP contribution < -0.4 is 0 Å². The standard InChI is InChI=1S/C26H26F9NO2/c1-2-3-20-10-15(12-23(37)38)11-22(16-4-6-18(7-5-16)24(27,28)29)36(20)14-17-13-19(25(30,31)32)8-9-21(17)26(33,34)35/h4-9,13,15,20,22H,2-3,10-12,14H2,1H3,(H,37,38)/t15-,20+,22-/m1/s1. The van der Waals surface area contributed by atoms with E-state index < -0.39 is 71.3 Å². The Bertz CT molecular complexity index is 1110. The highest BCUT2D eigenvalue weighted by molar-refractivity contribution is 5.67. The topological polar surface area (TPSA) is 40.5 Å². The molecule has 0 radical (unpaired) electrons. The summed E-state index contributed by atoms with van der Waals surface area (Å²) < 4.78 is 121. The van der Waals surface area contributed by atoms with Crippen molar-refractivity contribution in [1.29, 1.82) is 0 Å². The molecule has 210 valence electrons. The third-order valence-electron chi connectivity index (χ3n) is 6.83. The molecular formula is C26H26F9NO2. The van der Waals surface area contributed by atoms with Crippen LogP contribution in [0.15, 0.2) is 42.5 Å². The van der Waals surface area contributed by atoms with Gasteiger partial charge in [-0.25, -0.2) is 0 Å². The number of piperidine rings is 1. The van der Waals surface area contributed by atoms with Crippen LogP contribution in [0.2, 0.25) is 0 Å². The number of likely N-dealkylation sites (tertiary alicyclic amines) is 1. The van der Waals surface area contributed by atoms with Crippen molar-refractivity contribution in [3.05, 3.63) is 70.3 Å². The van der Waals surface area contributed by atoms with E-state index in [2.05, 4.69) is 0 Å². The van der Waals surface area contributed by atoms with Crippen molar-refractivity contribution in [3.63, 3.8) is 0 Å². The summed E-state index contributed by atoms with van der Waals surface area (Å²) in [4.78, 5) is 13.0. The summed E-state index contributed by atoms with van der Waals surface area (Å²) >= 11 is 0. The molecule has 0 bridgehead atoms. The molecule has 3 nitrogen and oxygen atoms in total. The van der Waals surface area contributed by atoms with Crippen LogP contribution in [0.3, 0.4) is 0 Å². The smallest absolute Gasteiger partial charge is 0.416 e. The van der Waals surface area contributed by atoms with Gasteiger partial charge in [-0.3, -0.25) is 9.69 Å². The molecule has 1 aliphatic heterocycles. The van der Waals surface area contributed by atoms with Gasteiger partial charge < -0.3 is 5.11 Å². The molecule has 0 aromatic heterocycles. The second-order valence-electron chi connectivity index (χ2n) is 9.55. The first-order valence-electron chi connectivity index (χ1n) is 11.9. The number of aliphatic carboxylic acids is 1. The number of hydrogen-bond donors (Lipinski definition) is 1. The van der Waals surface area contributed by atoms with E-state index in [0.29, 0.717) is 36.6 Å². The van der Waals surface area contributed by atoms with Gasteiger partial charge in [-0.1, -0.05) is 25.5 Å². The number of halogens is 9. The number of alkyl halides is 9. The van der Waals surface area contributed by atoms with Crippen LogP contribution in [0.25, 0.3) is 0 Å². The summed E-state index contributed by atoms with van der Waals surface area (Å²) in [5.74, 6) is -1.52. The lowest BCUT2D eigenvalue weighted by Gasteiger charge is -2.46. The summed E-state index contributed by atoms with van der Waals surface area (Å²) in [5.41, 5.74) is -3.72. The normalized spacial score (nSPS) is 21.5. The largest absolute Gasteiger partial charge is 0.481 e. The average Bonchev–Trinajstić information content (AvgIpc) is 2.78. The van der Waals surface area contributed by atoms with Gasteiger partial charge in [0, 0.05) is 25.0 Å². The molecule has 1 N–H and O–H groups in total. The van der Waals surface area contributed by atoms with Crippen LogP contribution in [0, 0.1) is 5.92 Å². The summed E-state index contributed by atoms with van der Waals surface area (Å²) in [5, 5.41) is 9.33. The zero-order valence-electron chi connectivity index (χ0n) is 20.2. The molecule has 1 aliphatic rings. The molecule has 1 fully saturated rings. The summed E-state index contributed by atoms with van der Waals surface area (Å²) in [7, 11) is 0. The first-order valence-corrected chi connectivity index (χ1v) is 11.9. The van der Waals surface area contributed by atoms with Crippen molar-refractivity contribution in [2.75, 3.05) is 0 Å². The van der Waals surface area contributed by atoms with Crippen LogP contribution in [0.5, 0.6) is 0 Å². The Morgan fingerprint density at radius 1 is 0.868 bits per heavy atom. The Hall–Kier alpha value is -2.76. The highest BCUT2D eigenvalue weighted by Crippen LogP contribution is 2.44. The minimum atomic E-state index is -4.94. The molecule has 1 saturated heterocycles. The molecule has 0 saturated carbocycles. The number of benzene rings is 2. The number of nitrogens with zero attached hydrogens (tertiary/aromatic N) is 1. The van der Waals surface area contributed by atoms with Crippen molar-refractivity contribution < 1.29 is 49.4 Å². The van der Waals surface area contributed by atoms with Crippen molar-refractivity contribution in [3.8, 4) is 0 Å². The molecule has 12 heteroatoms. The fraction of sp³-hybridized carbons (Fsp3) is 0.500. The van der Waals surface area contributed by atoms with Gasteiger partial charge in [-0.15, -0.1) is 0 Å². The van der Waals surface area contributed by atoms with E-state index in [9.17, 15) is 49.4 Å². The predicted octanol–water partition coefficient (Wildman–Crippen LogP) is 8.34. The van der Waals surface area contributed by atoms with E-state index in [1.165, 1.54) is 12.1 Å². The molecular weight excluding hydrogens is 529 g/mol. The summed E-state index contributed by atoms with van der Waals surface area (Å²) in [6, 6.07) is 3.93. The summed E-state index contributed by atoms with van der Waals surface area (Å²) in [6.45, 7) is 1.26. The lowest BCUT2D eigenvalue weighted by atomic mass is 9.79. The van der Waals surface area contributed by atoms with Crippen LogP contribution in [-0.2, 0) is 29.9 Å². The predicted molar refractivity (Wildman–Crippen MR) is 120 cm³/mol. The lowest BCUT2D eigenvalue weighted by molar-refractivity contribution is -0.142. The minimum Gasteiger partial charge on any atom is -0.481 e. The number of hydrogen-bond acceptors (Lipinski definition) is 2. The Balaban J connectivity index is 2.11. The van der Waals surface area contributed by atoms with Gasteiger partial charge in [-0.2, -0.15) is 39.5 Å². The lowest BCUT2D eigenvalue weighted by Crippen LogP contribution is -2.45. The van der Waals surface area contributed by atoms with E-state index >= 15 is 0 Å². The van der Waals surface area contributed by atoms with E-state index in [1.54, 1.807) is 11.8 Å². The SMILES string of the molecule is CCC[C@H]1C[C@@H](CC(=O)O)C[C@H](c2ccc(C(F)(F)F)cc2)N1Cc1cc(C(F)(F)F)ccc1C(F)(F)F. The molecule has 0 amide bonds. The Morgan fingerprint density at radius 3 is 1.95 bits per heavy atom. The average molecular weight is 555 g/mol. The van der Waals surface area contributed by atoms with Crippen molar-refractivity contribution in [2.45, 2.75) is 76.2 Å². The number of rotatable bonds is 7. The van der Waals surface area contributed by atoms with E-state index in [4.69, 9.17) is 0 Å². The zero-order valence-corrected chi connectivity index (χ0v) is 20.2. The van der Waals surface area contributed by atoms with Gasteiger partial charge in [0.2, 0.25) is 0 Å². The van der Waals surface area contributed by atoms with Gasteiger partial charge in [0.15, 0.2) is 0 Å². The van der Waals surface area contributed by atoms with Crippen molar-refractivity contribution in [2.24, 2.45) is 5.92 Å². The van der Waals surface area contributed by atoms with Crippen LogP contribution in [-0.4, -0.2) is 22.0 Å². The quantitative estimate of drug-likeness (QED) is 0.349. The third kappa shape index (κ3) is 7.21. The highest BCUT2D eigenvalue weighted by atomic mass is 19.4. The first kappa shape index (κ1) is 29.8. The molecule has 3 rings (SSSR count). The second-order valence-corrected chi connectivity index (χ2v) is 9.55. The Labute approximate surface area is 213 Å². The van der Waals surface area contributed by atoms with Crippen molar-refractivity contribution >= 4 is 5.97 Å². The maximum atomic E-state index is 13.8. The number of carboxylic acids is 1. The molecule has 0 unspecified atom stereocenters. The Kier molecular flexibility index (Phi) is 8.74. The van der Waals surface area contributed by atoms with E-state index in [1.807, 2.05) is 0 Å². The van der Waals surface area contributed by atoms with Crippen LogP contribution >= 0.6 is 0 Å². The maximum Gasteiger partial charge on any atom is 0.416 e. The number of carboxylic acid groups (broad SMARTS) is 1. The first-order chi connectivity index (χ1) is 17.5. The zero-order chi connectivity index (χ0) is 28.5. The number of carbonyl (C=O) groups is 1. The highest BCUT2D eigenvalue weighted by Gasteiger charge is 2.41. The fourth-order valence-corrected chi connectivity index (χ4v) is 5.19. The van der Waals surface area contributed by atoms with Gasteiger partial charge in [-0.05, 0) is 66.6 Å². The van der Waals surface area contributed by atoms with Gasteiger partial charge in [0.1, 0.15) is 0 Å². The molecule has 1 heterocycles. The van der Waals surface area contributed by atoms with Crippen molar-refractivity contribution in [1.82, 2.24) is 4.90 Å². The molecule has 0 aliphatic carbocycles. The van der Waals surface area contributed by atoms with Crippen LogP contribution in [0.4, 0.5) is 39.5 Å². The van der Waals surface area contributed by atoms with Gasteiger partial charge >= 0.3 is 24.5 Å². The Morgan fingerprint density at radius 2 is 1.45 bits per heavy atom. The molecule has 38 heavy (non-hydrogen) atoms. The molecule has 2 aromatic carbocycles. The van der Waals surface area contributed by atoms with E-state index in [0.717, 1.165) is 12.1 Å². The monoisotopic (exact) mass is 555 g/mol. The summed E-state index contributed by atoms with van der Waals surface area (Å²) in [6.07, 6.45) is -13.4. The third-order valence-corrected chi connectivity index (χ3v) is 6.83. The van der Waals surface area contributed by atoms with Crippen LogP contribution in [0.1, 0.15) is 72.9 Å². The van der Waals surface area contributed by atoms with E-state index in [-0.39, 0.29) is 19.3 Å². The minimum absolute atomic E-state index is 0.109. The fourth-order valence-electron chi connectivity index (χ4n) is 5.19. The second kappa shape index (κ2) is 11.2.